The van der Waals surface area contributed by atoms with Gasteiger partial charge in [-0.1, -0.05) is 24.9 Å². The second-order valence-corrected chi connectivity index (χ2v) is 5.12. The van der Waals surface area contributed by atoms with Crippen LogP contribution in [0.4, 0.5) is 19.0 Å². The monoisotopic (exact) mass is 293 g/mol. The first-order valence-electron chi connectivity index (χ1n) is 6.27. The van der Waals surface area contributed by atoms with Crippen LogP contribution in [0.1, 0.15) is 32.0 Å². The maximum absolute atomic E-state index is 12.7. The Morgan fingerprint density at radius 1 is 1.42 bits per heavy atom. The second kappa shape index (κ2) is 5.53. The maximum atomic E-state index is 12.7. The van der Waals surface area contributed by atoms with Gasteiger partial charge >= 0.3 is 6.18 Å². The Hall–Kier alpha value is -1.04. The number of hydrogen-bond donors (Lipinski definition) is 0. The number of aromatic nitrogens is 2. The third kappa shape index (κ3) is 3.49. The zero-order valence-corrected chi connectivity index (χ0v) is 11.3. The molecule has 1 atom stereocenters. The van der Waals surface area contributed by atoms with Crippen molar-refractivity contribution in [1.82, 2.24) is 9.97 Å². The fraction of sp³-hybridized carbons (Fsp3) is 0.667. The highest BCUT2D eigenvalue weighted by atomic mass is 35.5. The van der Waals surface area contributed by atoms with Crippen molar-refractivity contribution < 1.29 is 13.2 Å². The van der Waals surface area contributed by atoms with Crippen molar-refractivity contribution in [3.63, 3.8) is 0 Å². The Morgan fingerprint density at radius 3 is 2.79 bits per heavy atom. The first-order valence-corrected chi connectivity index (χ1v) is 6.64. The molecular formula is C12H15ClF3N3. The van der Waals surface area contributed by atoms with E-state index in [2.05, 4.69) is 16.9 Å². The maximum Gasteiger partial charge on any atom is 0.451 e. The van der Waals surface area contributed by atoms with Gasteiger partial charge < -0.3 is 4.90 Å². The molecular weight excluding hydrogens is 279 g/mol. The van der Waals surface area contributed by atoms with Crippen LogP contribution < -0.4 is 4.90 Å². The predicted molar refractivity (Wildman–Crippen MR) is 67.3 cm³/mol. The van der Waals surface area contributed by atoms with Crippen LogP contribution in [0.2, 0.25) is 5.15 Å². The van der Waals surface area contributed by atoms with Crippen molar-refractivity contribution in [1.29, 1.82) is 0 Å². The zero-order chi connectivity index (χ0) is 14.0. The molecule has 0 radical (unpaired) electrons. The summed E-state index contributed by atoms with van der Waals surface area (Å²) in [4.78, 5) is 8.71. The minimum absolute atomic E-state index is 0.170. The van der Waals surface area contributed by atoms with Crippen LogP contribution in [0, 0.1) is 5.92 Å². The zero-order valence-electron chi connectivity index (χ0n) is 10.5. The third-order valence-electron chi connectivity index (χ3n) is 3.36. The molecule has 106 valence electrons. The average Bonchev–Trinajstić information content (AvgIpc) is 2.37. The van der Waals surface area contributed by atoms with Crippen LogP contribution in [-0.2, 0) is 6.18 Å². The van der Waals surface area contributed by atoms with Gasteiger partial charge in [-0.05, 0) is 18.8 Å². The largest absolute Gasteiger partial charge is 0.451 e. The summed E-state index contributed by atoms with van der Waals surface area (Å²) < 4.78 is 38.0. The van der Waals surface area contributed by atoms with Crippen LogP contribution in [0.5, 0.6) is 0 Å². The lowest BCUT2D eigenvalue weighted by atomic mass is 9.96. The molecule has 1 aliphatic rings. The van der Waals surface area contributed by atoms with E-state index in [4.69, 9.17) is 11.6 Å². The summed E-state index contributed by atoms with van der Waals surface area (Å²) in [5.41, 5.74) is 0. The van der Waals surface area contributed by atoms with Crippen molar-refractivity contribution >= 4 is 17.4 Å². The van der Waals surface area contributed by atoms with Crippen molar-refractivity contribution in [3.05, 3.63) is 17.0 Å². The predicted octanol–water partition coefficient (Wildman–Crippen LogP) is 3.78. The molecule has 1 unspecified atom stereocenters. The van der Waals surface area contributed by atoms with E-state index in [1.165, 1.54) is 6.07 Å². The van der Waals surface area contributed by atoms with Crippen molar-refractivity contribution in [3.8, 4) is 0 Å². The Morgan fingerprint density at radius 2 is 2.16 bits per heavy atom. The smallest absolute Gasteiger partial charge is 0.356 e. The normalized spacial score (nSPS) is 20.7. The molecule has 0 amide bonds. The van der Waals surface area contributed by atoms with E-state index in [0.29, 0.717) is 12.5 Å². The highest BCUT2D eigenvalue weighted by Crippen LogP contribution is 2.30. The van der Waals surface area contributed by atoms with Gasteiger partial charge in [0.2, 0.25) is 5.82 Å². The quantitative estimate of drug-likeness (QED) is 0.777. The summed E-state index contributed by atoms with van der Waals surface area (Å²) in [7, 11) is 0. The fourth-order valence-corrected chi connectivity index (χ4v) is 2.48. The van der Waals surface area contributed by atoms with Gasteiger partial charge in [0, 0.05) is 19.2 Å². The minimum Gasteiger partial charge on any atom is -0.356 e. The van der Waals surface area contributed by atoms with Gasteiger partial charge in [0.1, 0.15) is 11.0 Å². The van der Waals surface area contributed by atoms with Crippen molar-refractivity contribution in [2.45, 2.75) is 32.4 Å². The van der Waals surface area contributed by atoms with Crippen molar-refractivity contribution in [2.75, 3.05) is 18.0 Å². The average molecular weight is 294 g/mol. The first-order chi connectivity index (χ1) is 8.90. The lowest BCUT2D eigenvalue weighted by Gasteiger charge is -2.33. The van der Waals surface area contributed by atoms with E-state index in [0.717, 1.165) is 25.8 Å². The fourth-order valence-electron chi connectivity index (χ4n) is 2.30. The van der Waals surface area contributed by atoms with E-state index >= 15 is 0 Å². The Labute approximate surface area is 114 Å². The summed E-state index contributed by atoms with van der Waals surface area (Å²) in [5, 5.41) is -0.170. The number of nitrogens with zero attached hydrogens (tertiary/aromatic N) is 3. The van der Waals surface area contributed by atoms with E-state index in [9.17, 15) is 13.2 Å². The molecule has 0 saturated carbocycles. The SMILES string of the molecule is CCC1CCCN(c2cc(Cl)nc(C(F)(F)F)n2)C1. The van der Waals surface area contributed by atoms with Crippen molar-refractivity contribution in [2.24, 2.45) is 5.92 Å². The summed E-state index contributed by atoms with van der Waals surface area (Å²) >= 11 is 5.67. The number of hydrogen-bond acceptors (Lipinski definition) is 3. The second-order valence-electron chi connectivity index (χ2n) is 4.73. The van der Waals surface area contributed by atoms with Gasteiger partial charge in [-0.3, -0.25) is 0 Å². The number of piperidine rings is 1. The molecule has 19 heavy (non-hydrogen) atoms. The lowest BCUT2D eigenvalue weighted by Crippen LogP contribution is -2.36. The Kier molecular flexibility index (Phi) is 4.18. The summed E-state index contributed by atoms with van der Waals surface area (Å²) in [5.74, 6) is -0.407. The van der Waals surface area contributed by atoms with Gasteiger partial charge in [0.25, 0.3) is 0 Å². The standard InChI is InChI=1S/C12H15ClF3N3/c1-2-8-4-3-5-19(7-8)10-6-9(13)17-11(18-10)12(14,15)16/h6,8H,2-5,7H2,1H3. The lowest BCUT2D eigenvalue weighted by molar-refractivity contribution is -0.144. The molecule has 0 aliphatic carbocycles. The van der Waals surface area contributed by atoms with Crippen LogP contribution in [0.15, 0.2) is 6.07 Å². The summed E-state index contributed by atoms with van der Waals surface area (Å²) in [6.07, 6.45) is -1.49. The molecule has 3 nitrogen and oxygen atoms in total. The number of anilines is 1. The Balaban J connectivity index is 2.26. The van der Waals surface area contributed by atoms with Gasteiger partial charge in [-0.2, -0.15) is 13.2 Å². The van der Waals surface area contributed by atoms with E-state index in [1.54, 1.807) is 0 Å². The van der Waals surface area contributed by atoms with Crippen LogP contribution in [-0.4, -0.2) is 23.1 Å². The molecule has 1 aromatic heterocycles. The number of alkyl halides is 3. The minimum atomic E-state index is -4.57. The summed E-state index contributed by atoms with van der Waals surface area (Å²) in [6, 6.07) is 1.40. The first kappa shape index (κ1) is 14.4. The van der Waals surface area contributed by atoms with Gasteiger partial charge in [-0.15, -0.1) is 0 Å². The Bertz CT molecular complexity index is 450. The van der Waals surface area contributed by atoms with Crippen LogP contribution in [0.25, 0.3) is 0 Å². The molecule has 1 aliphatic heterocycles. The highest BCUT2D eigenvalue weighted by Gasteiger charge is 2.36. The topological polar surface area (TPSA) is 29.0 Å². The van der Waals surface area contributed by atoms with Gasteiger partial charge in [0.05, 0.1) is 0 Å². The molecule has 7 heteroatoms. The molecule has 1 fully saturated rings. The number of halogens is 4. The van der Waals surface area contributed by atoms with Gasteiger partial charge in [0.15, 0.2) is 0 Å². The van der Waals surface area contributed by atoms with Crippen LogP contribution in [0.3, 0.4) is 0 Å². The van der Waals surface area contributed by atoms with Crippen LogP contribution >= 0.6 is 11.6 Å². The molecule has 0 bridgehead atoms. The molecule has 0 aromatic carbocycles. The summed E-state index contributed by atoms with van der Waals surface area (Å²) in [6.45, 7) is 3.52. The molecule has 0 spiro atoms. The molecule has 2 heterocycles. The molecule has 1 saturated heterocycles. The number of rotatable bonds is 2. The van der Waals surface area contributed by atoms with E-state index in [1.807, 2.05) is 4.90 Å². The molecule has 0 N–H and O–H groups in total. The van der Waals surface area contributed by atoms with E-state index in [-0.39, 0.29) is 11.0 Å². The molecule has 2 rings (SSSR count). The van der Waals surface area contributed by atoms with Gasteiger partial charge in [-0.25, -0.2) is 9.97 Å². The van der Waals surface area contributed by atoms with E-state index < -0.39 is 12.0 Å². The third-order valence-corrected chi connectivity index (χ3v) is 3.55. The highest BCUT2D eigenvalue weighted by molar-refractivity contribution is 6.29. The molecule has 1 aromatic rings.